The van der Waals surface area contributed by atoms with Crippen molar-refractivity contribution in [2.45, 2.75) is 57.5 Å². The van der Waals surface area contributed by atoms with Crippen LogP contribution < -0.4 is 5.32 Å². The van der Waals surface area contributed by atoms with Crippen LogP contribution in [0.1, 0.15) is 55.8 Å². The first-order chi connectivity index (χ1) is 8.70. The fourth-order valence-corrected chi connectivity index (χ4v) is 2.93. The second-order valence-corrected chi connectivity index (χ2v) is 5.43. The van der Waals surface area contributed by atoms with E-state index in [1.54, 1.807) is 0 Å². The minimum atomic E-state index is 0.0294. The Morgan fingerprint density at radius 3 is 2.56 bits per heavy atom. The van der Waals surface area contributed by atoms with Crippen LogP contribution in [0, 0.1) is 6.92 Å². The monoisotopic (exact) mass is 251 g/mol. The van der Waals surface area contributed by atoms with Crippen LogP contribution in [0.4, 0.5) is 0 Å². The molecule has 1 unspecified atom stereocenters. The van der Waals surface area contributed by atoms with Gasteiger partial charge in [-0.25, -0.2) is 0 Å². The average Bonchev–Trinajstić information content (AvgIpc) is 2.57. The van der Waals surface area contributed by atoms with Gasteiger partial charge in [0.1, 0.15) is 0 Å². The van der Waals surface area contributed by atoms with Crippen molar-refractivity contribution in [3.8, 4) is 0 Å². The molecule has 1 aliphatic rings. The van der Waals surface area contributed by atoms with E-state index in [2.05, 4.69) is 10.4 Å². The van der Waals surface area contributed by atoms with Gasteiger partial charge in [0.25, 0.3) is 0 Å². The number of nitrogens with zero attached hydrogens (tertiary/aromatic N) is 2. The van der Waals surface area contributed by atoms with Crippen molar-refractivity contribution in [2.75, 3.05) is 6.61 Å². The van der Waals surface area contributed by atoms with E-state index in [0.29, 0.717) is 6.04 Å². The molecule has 0 radical (unpaired) electrons. The van der Waals surface area contributed by atoms with Crippen LogP contribution >= 0.6 is 0 Å². The van der Waals surface area contributed by atoms with Gasteiger partial charge in [-0.15, -0.1) is 0 Å². The Labute approximate surface area is 109 Å². The van der Waals surface area contributed by atoms with E-state index < -0.39 is 0 Å². The Bertz CT molecular complexity index is 367. The molecule has 102 valence electrons. The number of rotatable bonds is 4. The third-order valence-electron chi connectivity index (χ3n) is 3.90. The fraction of sp³-hybridized carbons (Fsp3) is 0.786. The highest BCUT2D eigenvalue weighted by molar-refractivity contribution is 5.20. The summed E-state index contributed by atoms with van der Waals surface area (Å²) in [5, 5.41) is 17.6. The highest BCUT2D eigenvalue weighted by atomic mass is 16.3. The maximum atomic E-state index is 9.61. The van der Waals surface area contributed by atoms with E-state index in [1.807, 2.05) is 24.9 Å². The number of hydrogen-bond donors (Lipinski definition) is 2. The molecule has 0 spiro atoms. The number of aromatic nitrogens is 2. The number of nitrogens with one attached hydrogen (secondary N) is 1. The fourth-order valence-electron chi connectivity index (χ4n) is 2.93. The summed E-state index contributed by atoms with van der Waals surface area (Å²) in [5.74, 6) is 0. The van der Waals surface area contributed by atoms with E-state index in [0.717, 1.165) is 11.3 Å². The summed E-state index contributed by atoms with van der Waals surface area (Å²) in [6.07, 6.45) is 9.80. The molecule has 1 aromatic rings. The molecule has 2 rings (SSSR count). The first-order valence-corrected chi connectivity index (χ1v) is 7.07. The third kappa shape index (κ3) is 3.33. The standard InChI is InChI=1S/C14H25N3O/c1-11-13(9-17(2)16-11)14(10-18)15-12-7-5-3-4-6-8-12/h9,12,14-15,18H,3-8,10H2,1-2H3. The Kier molecular flexibility index (Phi) is 4.78. The zero-order valence-electron chi connectivity index (χ0n) is 11.5. The zero-order valence-corrected chi connectivity index (χ0v) is 11.5. The topological polar surface area (TPSA) is 50.1 Å². The van der Waals surface area contributed by atoms with Crippen molar-refractivity contribution in [2.24, 2.45) is 7.05 Å². The lowest BCUT2D eigenvalue weighted by atomic mass is 10.0. The second-order valence-electron chi connectivity index (χ2n) is 5.43. The van der Waals surface area contributed by atoms with Gasteiger partial charge in [0, 0.05) is 24.8 Å². The van der Waals surface area contributed by atoms with Crippen molar-refractivity contribution in [3.63, 3.8) is 0 Å². The van der Waals surface area contributed by atoms with E-state index >= 15 is 0 Å². The number of aliphatic hydroxyl groups is 1. The van der Waals surface area contributed by atoms with Gasteiger partial charge in [-0.1, -0.05) is 25.7 Å². The maximum absolute atomic E-state index is 9.61. The molecular formula is C14H25N3O. The molecular weight excluding hydrogens is 226 g/mol. The summed E-state index contributed by atoms with van der Waals surface area (Å²) in [7, 11) is 1.93. The van der Waals surface area contributed by atoms with E-state index in [4.69, 9.17) is 0 Å². The molecule has 2 N–H and O–H groups in total. The lowest BCUT2D eigenvalue weighted by molar-refractivity contribution is 0.228. The smallest absolute Gasteiger partial charge is 0.0642 e. The summed E-state index contributed by atoms with van der Waals surface area (Å²) in [4.78, 5) is 0. The van der Waals surface area contributed by atoms with Crippen LogP contribution in [0.5, 0.6) is 0 Å². The van der Waals surface area contributed by atoms with Crippen LogP contribution in [0.3, 0.4) is 0 Å². The molecule has 1 heterocycles. The molecule has 4 nitrogen and oxygen atoms in total. The first kappa shape index (κ1) is 13.6. The van der Waals surface area contributed by atoms with Crippen molar-refractivity contribution in [1.82, 2.24) is 15.1 Å². The van der Waals surface area contributed by atoms with Crippen molar-refractivity contribution in [3.05, 3.63) is 17.5 Å². The van der Waals surface area contributed by atoms with Gasteiger partial charge < -0.3 is 10.4 Å². The summed E-state index contributed by atoms with van der Waals surface area (Å²) in [6.45, 7) is 2.15. The molecule has 0 bridgehead atoms. The Morgan fingerprint density at radius 2 is 2.06 bits per heavy atom. The molecule has 1 saturated carbocycles. The Balaban J connectivity index is 2.02. The highest BCUT2D eigenvalue weighted by Crippen LogP contribution is 2.22. The van der Waals surface area contributed by atoms with E-state index in [1.165, 1.54) is 38.5 Å². The predicted molar refractivity (Wildman–Crippen MR) is 72.4 cm³/mol. The lowest BCUT2D eigenvalue weighted by Gasteiger charge is -2.23. The molecule has 0 amide bonds. The Morgan fingerprint density at radius 1 is 1.39 bits per heavy atom. The van der Waals surface area contributed by atoms with Gasteiger partial charge in [0.05, 0.1) is 18.3 Å². The largest absolute Gasteiger partial charge is 0.394 e. The SMILES string of the molecule is Cc1nn(C)cc1C(CO)NC1CCCCCC1. The number of aliphatic hydroxyl groups excluding tert-OH is 1. The molecule has 4 heteroatoms. The quantitative estimate of drug-likeness (QED) is 0.806. The van der Waals surface area contributed by atoms with E-state index in [9.17, 15) is 5.11 Å². The minimum Gasteiger partial charge on any atom is -0.394 e. The van der Waals surface area contributed by atoms with Gasteiger partial charge in [-0.3, -0.25) is 4.68 Å². The molecule has 18 heavy (non-hydrogen) atoms. The summed E-state index contributed by atoms with van der Waals surface area (Å²) >= 11 is 0. The van der Waals surface area contributed by atoms with Crippen LogP contribution in [-0.2, 0) is 7.05 Å². The first-order valence-electron chi connectivity index (χ1n) is 7.07. The van der Waals surface area contributed by atoms with Gasteiger partial charge in [-0.05, 0) is 19.8 Å². The Hall–Kier alpha value is -0.870. The number of hydrogen-bond acceptors (Lipinski definition) is 3. The highest BCUT2D eigenvalue weighted by Gasteiger charge is 2.20. The van der Waals surface area contributed by atoms with Crippen LogP contribution in [-0.4, -0.2) is 27.5 Å². The third-order valence-corrected chi connectivity index (χ3v) is 3.90. The van der Waals surface area contributed by atoms with Crippen LogP contribution in [0.25, 0.3) is 0 Å². The normalized spacial score (nSPS) is 19.7. The van der Waals surface area contributed by atoms with Crippen molar-refractivity contribution in [1.29, 1.82) is 0 Å². The minimum absolute atomic E-state index is 0.0294. The van der Waals surface area contributed by atoms with Crippen LogP contribution in [0.2, 0.25) is 0 Å². The molecule has 0 aliphatic heterocycles. The zero-order chi connectivity index (χ0) is 13.0. The van der Waals surface area contributed by atoms with Crippen molar-refractivity contribution >= 4 is 0 Å². The van der Waals surface area contributed by atoms with Gasteiger partial charge in [-0.2, -0.15) is 5.10 Å². The van der Waals surface area contributed by atoms with Crippen molar-refractivity contribution < 1.29 is 5.11 Å². The average molecular weight is 251 g/mol. The molecule has 1 atom stereocenters. The molecule has 1 aromatic heterocycles. The molecule has 0 saturated heterocycles. The van der Waals surface area contributed by atoms with Crippen LogP contribution in [0.15, 0.2) is 6.20 Å². The second kappa shape index (κ2) is 6.34. The van der Waals surface area contributed by atoms with Gasteiger partial charge >= 0.3 is 0 Å². The van der Waals surface area contributed by atoms with Gasteiger partial charge in [0.2, 0.25) is 0 Å². The van der Waals surface area contributed by atoms with E-state index in [-0.39, 0.29) is 12.6 Å². The maximum Gasteiger partial charge on any atom is 0.0642 e. The lowest BCUT2D eigenvalue weighted by Crippen LogP contribution is -2.34. The van der Waals surface area contributed by atoms with Gasteiger partial charge in [0.15, 0.2) is 0 Å². The molecule has 0 aromatic carbocycles. The molecule has 1 aliphatic carbocycles. The number of aryl methyl sites for hydroxylation is 2. The summed E-state index contributed by atoms with van der Waals surface area (Å²) in [6, 6.07) is 0.575. The molecule has 1 fully saturated rings. The summed E-state index contributed by atoms with van der Waals surface area (Å²) < 4.78 is 1.82. The predicted octanol–water partition coefficient (Wildman–Crippen LogP) is 2.07. The summed E-state index contributed by atoms with van der Waals surface area (Å²) in [5.41, 5.74) is 2.14.